The Bertz CT molecular complexity index is 430. The Morgan fingerprint density at radius 3 is 2.67 bits per heavy atom. The van der Waals surface area contributed by atoms with Gasteiger partial charge in [0.05, 0.1) is 18.3 Å². The number of anilines is 2. The van der Waals surface area contributed by atoms with Crippen LogP contribution in [0.2, 0.25) is 0 Å². The first kappa shape index (κ1) is 14.3. The summed E-state index contributed by atoms with van der Waals surface area (Å²) < 4.78 is 5.05. The summed E-state index contributed by atoms with van der Waals surface area (Å²) in [5.74, 6) is 0.367. The second kappa shape index (κ2) is 5.73. The first-order chi connectivity index (χ1) is 8.40. The van der Waals surface area contributed by atoms with Crippen molar-refractivity contribution in [1.29, 1.82) is 0 Å². The van der Waals surface area contributed by atoms with Crippen LogP contribution < -0.4 is 21.5 Å². The van der Waals surface area contributed by atoms with Crippen molar-refractivity contribution in [2.75, 3.05) is 18.2 Å². The number of amides is 1. The van der Waals surface area contributed by atoms with Gasteiger partial charge in [-0.15, -0.1) is 0 Å². The standard InChI is InChI=1S/C13H21N3O2/c1-4-7-13(2,15)12(17)16-9-5-6-11(18-3)10(14)8-9/h5-6,8H,4,7,14-15H2,1-3H3,(H,16,17). The van der Waals surface area contributed by atoms with Crippen LogP contribution in [-0.4, -0.2) is 18.6 Å². The monoisotopic (exact) mass is 251 g/mol. The molecule has 1 rings (SSSR count). The van der Waals surface area contributed by atoms with Crippen molar-refractivity contribution in [2.45, 2.75) is 32.2 Å². The highest BCUT2D eigenvalue weighted by Crippen LogP contribution is 2.25. The predicted molar refractivity (Wildman–Crippen MR) is 73.5 cm³/mol. The van der Waals surface area contributed by atoms with Gasteiger partial charge in [0.2, 0.25) is 5.91 Å². The summed E-state index contributed by atoms with van der Waals surface area (Å²) >= 11 is 0. The van der Waals surface area contributed by atoms with Gasteiger partial charge < -0.3 is 21.5 Å². The van der Waals surface area contributed by atoms with Crippen LogP contribution in [0.1, 0.15) is 26.7 Å². The Kier molecular flexibility index (Phi) is 4.55. The number of carbonyl (C=O) groups is 1. The molecule has 1 aromatic rings. The Hall–Kier alpha value is -1.75. The summed E-state index contributed by atoms with van der Waals surface area (Å²) in [6, 6.07) is 5.09. The number of nitrogens with two attached hydrogens (primary N) is 2. The number of methoxy groups -OCH3 is 1. The van der Waals surface area contributed by atoms with Crippen LogP contribution in [0.25, 0.3) is 0 Å². The van der Waals surface area contributed by atoms with E-state index in [-0.39, 0.29) is 5.91 Å². The lowest BCUT2D eigenvalue weighted by Crippen LogP contribution is -2.48. The van der Waals surface area contributed by atoms with Crippen molar-refractivity contribution < 1.29 is 9.53 Å². The van der Waals surface area contributed by atoms with Gasteiger partial charge in [-0.05, 0) is 31.5 Å². The smallest absolute Gasteiger partial charge is 0.244 e. The molecule has 0 aliphatic carbocycles. The molecule has 18 heavy (non-hydrogen) atoms. The molecule has 0 fully saturated rings. The van der Waals surface area contributed by atoms with Crippen LogP contribution in [0.4, 0.5) is 11.4 Å². The van der Waals surface area contributed by atoms with Gasteiger partial charge in [-0.25, -0.2) is 0 Å². The minimum absolute atomic E-state index is 0.214. The molecule has 0 saturated heterocycles. The molecule has 1 amide bonds. The summed E-state index contributed by atoms with van der Waals surface area (Å²) in [6.07, 6.45) is 1.48. The molecule has 1 aromatic carbocycles. The van der Waals surface area contributed by atoms with Gasteiger partial charge in [0.25, 0.3) is 0 Å². The maximum Gasteiger partial charge on any atom is 0.244 e. The molecule has 0 heterocycles. The Balaban J connectivity index is 2.79. The summed E-state index contributed by atoms with van der Waals surface area (Å²) in [6.45, 7) is 3.71. The molecule has 100 valence electrons. The minimum atomic E-state index is -0.872. The van der Waals surface area contributed by atoms with Crippen molar-refractivity contribution in [3.8, 4) is 5.75 Å². The Morgan fingerprint density at radius 2 is 2.17 bits per heavy atom. The van der Waals surface area contributed by atoms with E-state index in [1.165, 1.54) is 0 Å². The average molecular weight is 251 g/mol. The predicted octanol–water partition coefficient (Wildman–Crippen LogP) is 1.73. The fourth-order valence-corrected chi connectivity index (χ4v) is 1.72. The van der Waals surface area contributed by atoms with Crippen molar-refractivity contribution in [2.24, 2.45) is 5.73 Å². The van der Waals surface area contributed by atoms with Gasteiger partial charge in [0.15, 0.2) is 0 Å². The number of nitrogens with one attached hydrogen (secondary N) is 1. The lowest BCUT2D eigenvalue weighted by molar-refractivity contribution is -0.120. The highest BCUT2D eigenvalue weighted by molar-refractivity contribution is 5.98. The van der Waals surface area contributed by atoms with E-state index in [0.29, 0.717) is 23.5 Å². The number of benzene rings is 1. The summed E-state index contributed by atoms with van der Waals surface area (Å²) in [4.78, 5) is 12.0. The van der Waals surface area contributed by atoms with Crippen molar-refractivity contribution in [3.63, 3.8) is 0 Å². The zero-order valence-electron chi connectivity index (χ0n) is 11.1. The van der Waals surface area contributed by atoms with E-state index in [4.69, 9.17) is 16.2 Å². The van der Waals surface area contributed by atoms with Crippen LogP contribution in [-0.2, 0) is 4.79 Å². The quantitative estimate of drug-likeness (QED) is 0.695. The van der Waals surface area contributed by atoms with Crippen LogP contribution in [0, 0.1) is 0 Å². The fourth-order valence-electron chi connectivity index (χ4n) is 1.72. The van der Waals surface area contributed by atoms with Gasteiger partial charge in [-0.3, -0.25) is 4.79 Å². The van der Waals surface area contributed by atoms with E-state index in [0.717, 1.165) is 6.42 Å². The Labute approximate surface area is 107 Å². The summed E-state index contributed by atoms with van der Waals surface area (Å²) in [7, 11) is 1.54. The van der Waals surface area contributed by atoms with Crippen molar-refractivity contribution in [1.82, 2.24) is 0 Å². The number of carbonyl (C=O) groups excluding carboxylic acids is 1. The minimum Gasteiger partial charge on any atom is -0.495 e. The molecule has 0 saturated carbocycles. The topological polar surface area (TPSA) is 90.4 Å². The third-order valence-corrected chi connectivity index (χ3v) is 2.78. The van der Waals surface area contributed by atoms with Gasteiger partial charge in [-0.1, -0.05) is 13.3 Å². The van der Waals surface area contributed by atoms with Gasteiger partial charge in [0, 0.05) is 5.69 Å². The molecule has 1 atom stereocenters. The van der Waals surface area contributed by atoms with E-state index < -0.39 is 5.54 Å². The molecule has 5 nitrogen and oxygen atoms in total. The zero-order chi connectivity index (χ0) is 13.8. The normalized spacial score (nSPS) is 13.8. The molecule has 0 radical (unpaired) electrons. The van der Waals surface area contributed by atoms with Gasteiger partial charge >= 0.3 is 0 Å². The maximum atomic E-state index is 12.0. The molecule has 5 N–H and O–H groups in total. The molecular weight excluding hydrogens is 230 g/mol. The number of hydrogen-bond acceptors (Lipinski definition) is 4. The van der Waals surface area contributed by atoms with Crippen LogP contribution in [0.3, 0.4) is 0 Å². The molecule has 0 bridgehead atoms. The van der Waals surface area contributed by atoms with E-state index in [9.17, 15) is 4.79 Å². The van der Waals surface area contributed by atoms with Gasteiger partial charge in [0.1, 0.15) is 5.75 Å². The number of nitrogen functional groups attached to an aromatic ring is 1. The summed E-state index contributed by atoms with van der Waals surface area (Å²) in [5.41, 5.74) is 11.9. The van der Waals surface area contributed by atoms with E-state index >= 15 is 0 Å². The third-order valence-electron chi connectivity index (χ3n) is 2.78. The van der Waals surface area contributed by atoms with Gasteiger partial charge in [-0.2, -0.15) is 0 Å². The first-order valence-corrected chi connectivity index (χ1v) is 5.94. The molecule has 1 unspecified atom stereocenters. The highest BCUT2D eigenvalue weighted by Gasteiger charge is 2.27. The van der Waals surface area contributed by atoms with E-state index in [2.05, 4.69) is 5.32 Å². The molecule has 5 heteroatoms. The number of rotatable bonds is 5. The largest absolute Gasteiger partial charge is 0.495 e. The van der Waals surface area contributed by atoms with E-state index in [1.54, 1.807) is 32.2 Å². The molecule has 0 aliphatic rings. The van der Waals surface area contributed by atoms with Crippen molar-refractivity contribution >= 4 is 17.3 Å². The van der Waals surface area contributed by atoms with Crippen LogP contribution in [0.15, 0.2) is 18.2 Å². The second-order valence-corrected chi connectivity index (χ2v) is 4.58. The SMILES string of the molecule is CCCC(C)(N)C(=O)Nc1ccc(OC)c(N)c1. The zero-order valence-corrected chi connectivity index (χ0v) is 11.1. The van der Waals surface area contributed by atoms with Crippen molar-refractivity contribution in [3.05, 3.63) is 18.2 Å². The van der Waals surface area contributed by atoms with E-state index in [1.807, 2.05) is 6.92 Å². The molecule has 0 spiro atoms. The first-order valence-electron chi connectivity index (χ1n) is 5.94. The third kappa shape index (κ3) is 3.37. The average Bonchev–Trinajstić information content (AvgIpc) is 2.29. The lowest BCUT2D eigenvalue weighted by Gasteiger charge is -2.23. The maximum absolute atomic E-state index is 12.0. The summed E-state index contributed by atoms with van der Waals surface area (Å²) in [5, 5.41) is 2.76. The highest BCUT2D eigenvalue weighted by atomic mass is 16.5. The lowest BCUT2D eigenvalue weighted by atomic mass is 9.96. The number of ether oxygens (including phenoxy) is 1. The Morgan fingerprint density at radius 1 is 1.50 bits per heavy atom. The molecule has 0 aromatic heterocycles. The molecule has 0 aliphatic heterocycles. The fraction of sp³-hybridized carbons (Fsp3) is 0.462. The molecular formula is C13H21N3O2. The number of hydrogen-bond donors (Lipinski definition) is 3. The second-order valence-electron chi connectivity index (χ2n) is 4.58. The van der Waals surface area contributed by atoms with Crippen LogP contribution >= 0.6 is 0 Å². The van der Waals surface area contributed by atoms with Crippen LogP contribution in [0.5, 0.6) is 5.75 Å².